The average Bonchev–Trinajstić information content (AvgIpc) is 2.58. The first-order valence-electron chi connectivity index (χ1n) is 9.74. The van der Waals surface area contributed by atoms with E-state index in [9.17, 15) is 0 Å². The van der Waals surface area contributed by atoms with Crippen LogP contribution in [0, 0.1) is 0 Å². The first kappa shape index (κ1) is 24.0. The molecule has 2 N–H and O–H groups in total. The van der Waals surface area contributed by atoms with Crippen molar-refractivity contribution in [3.63, 3.8) is 0 Å². The molecule has 0 unspecified atom stereocenters. The molecule has 2 aromatic carbocycles. The Hall–Kier alpha value is -2.04. The van der Waals surface area contributed by atoms with Gasteiger partial charge in [-0.25, -0.2) is 0 Å². The normalized spacial score (nSPS) is 11.6. The van der Waals surface area contributed by atoms with Crippen LogP contribution in [0.1, 0.15) is 52.7 Å². The lowest BCUT2D eigenvalue weighted by atomic mass is 10.1. The molecule has 0 saturated carbocycles. The van der Waals surface area contributed by atoms with Gasteiger partial charge in [-0.05, 0) is 76.9 Å². The van der Waals surface area contributed by atoms with Gasteiger partial charge in [0.15, 0.2) is 0 Å². The van der Waals surface area contributed by atoms with E-state index in [4.69, 9.17) is 15.2 Å². The van der Waals surface area contributed by atoms with Crippen LogP contribution < -0.4 is 10.6 Å². The van der Waals surface area contributed by atoms with Crippen LogP contribution in [0.2, 0.25) is 0 Å². The molecule has 0 amide bonds. The van der Waals surface area contributed by atoms with Gasteiger partial charge in [-0.1, -0.05) is 24.3 Å². The van der Waals surface area contributed by atoms with Crippen LogP contribution in [0.4, 0.5) is 11.4 Å². The lowest BCUT2D eigenvalue weighted by Crippen LogP contribution is -2.18. The van der Waals surface area contributed by atoms with Gasteiger partial charge in [-0.15, -0.1) is 0 Å². The monoisotopic (exact) mass is 386 g/mol. The molecular weight excluding hydrogens is 348 g/mol. The molecule has 4 nitrogen and oxygen atoms in total. The highest BCUT2D eigenvalue weighted by Gasteiger charge is 2.10. The van der Waals surface area contributed by atoms with Crippen molar-refractivity contribution < 1.29 is 9.47 Å². The predicted molar refractivity (Wildman–Crippen MR) is 121 cm³/mol. The van der Waals surface area contributed by atoms with E-state index < -0.39 is 0 Å². The molecule has 0 saturated heterocycles. The third-order valence-electron chi connectivity index (χ3n) is 3.72. The lowest BCUT2D eigenvalue weighted by Gasteiger charge is -2.20. The van der Waals surface area contributed by atoms with Gasteiger partial charge < -0.3 is 20.1 Å². The fourth-order valence-corrected chi connectivity index (χ4v) is 2.21. The highest BCUT2D eigenvalue weighted by atomic mass is 16.5. The first-order valence-corrected chi connectivity index (χ1v) is 9.74. The molecule has 28 heavy (non-hydrogen) atoms. The van der Waals surface area contributed by atoms with Gasteiger partial charge in [0, 0.05) is 25.5 Å². The van der Waals surface area contributed by atoms with Crippen molar-refractivity contribution in [2.75, 3.05) is 24.7 Å². The molecule has 2 rings (SSSR count). The molecule has 0 atom stereocenters. The van der Waals surface area contributed by atoms with Crippen LogP contribution in [-0.2, 0) is 22.7 Å². The highest BCUT2D eigenvalue weighted by molar-refractivity contribution is 5.47. The maximum absolute atomic E-state index is 5.73. The minimum Gasteiger partial charge on any atom is -0.399 e. The van der Waals surface area contributed by atoms with Gasteiger partial charge in [-0.2, -0.15) is 0 Å². The van der Waals surface area contributed by atoms with Crippen molar-refractivity contribution in [2.24, 2.45) is 0 Å². The lowest BCUT2D eigenvalue weighted by molar-refractivity contribution is -0.0152. The number of nitrogen functional groups attached to an aromatic ring is 1. The van der Waals surface area contributed by atoms with E-state index in [1.165, 1.54) is 11.3 Å². The number of nitrogens with two attached hydrogens (primary N) is 1. The summed E-state index contributed by atoms with van der Waals surface area (Å²) in [6.07, 6.45) is 0. The molecule has 0 spiro atoms. The summed E-state index contributed by atoms with van der Waals surface area (Å²) in [4.78, 5) is 2.10. The first-order chi connectivity index (χ1) is 12.9. The number of hydrogen-bond donors (Lipinski definition) is 1. The van der Waals surface area contributed by atoms with Crippen molar-refractivity contribution in [1.29, 1.82) is 0 Å². The summed E-state index contributed by atoms with van der Waals surface area (Å²) < 4.78 is 11.3. The standard InChI is InChI=1S/C13H21NO.C11H17NO/c1-13(2,3)15-10-11-7-6-8-12(9-11)14(4)5;1-11(2,3)13-8-9-5-4-6-10(12)7-9/h6-9H,10H2,1-5H3;4-7H,8,12H2,1-3H3. The molecule has 0 aliphatic heterocycles. The van der Waals surface area contributed by atoms with Crippen LogP contribution in [0.3, 0.4) is 0 Å². The van der Waals surface area contributed by atoms with Gasteiger partial charge in [0.1, 0.15) is 0 Å². The van der Waals surface area contributed by atoms with E-state index in [0.717, 1.165) is 11.3 Å². The topological polar surface area (TPSA) is 47.7 Å². The Morgan fingerprint density at radius 2 is 1.21 bits per heavy atom. The Labute approximate surface area is 171 Å². The molecule has 0 heterocycles. The molecule has 156 valence electrons. The Kier molecular flexibility index (Phi) is 8.99. The summed E-state index contributed by atoms with van der Waals surface area (Å²) in [7, 11) is 4.09. The van der Waals surface area contributed by atoms with Crippen LogP contribution >= 0.6 is 0 Å². The molecular formula is C24H38N2O2. The summed E-state index contributed by atoms with van der Waals surface area (Å²) in [5, 5.41) is 0. The Morgan fingerprint density at radius 3 is 1.64 bits per heavy atom. The minimum atomic E-state index is -0.0927. The maximum Gasteiger partial charge on any atom is 0.0724 e. The van der Waals surface area contributed by atoms with Gasteiger partial charge in [0.2, 0.25) is 0 Å². The van der Waals surface area contributed by atoms with Crippen molar-refractivity contribution in [2.45, 2.75) is 66.0 Å². The predicted octanol–water partition coefficient (Wildman–Crippen LogP) is 5.65. The SMILES string of the molecule is CC(C)(C)OCc1cccc(N)c1.CN(C)c1cccc(COC(C)(C)C)c1. The van der Waals surface area contributed by atoms with Gasteiger partial charge >= 0.3 is 0 Å². The third kappa shape index (κ3) is 11.0. The number of benzene rings is 2. The van der Waals surface area contributed by atoms with Crippen LogP contribution in [-0.4, -0.2) is 25.3 Å². The Balaban J connectivity index is 0.000000283. The molecule has 0 radical (unpaired) electrons. The van der Waals surface area contributed by atoms with E-state index in [1.807, 2.05) is 59.1 Å². The second-order valence-electron chi connectivity index (χ2n) is 9.11. The molecule has 0 bridgehead atoms. The van der Waals surface area contributed by atoms with Crippen LogP contribution in [0.15, 0.2) is 48.5 Å². The fraction of sp³-hybridized carbons (Fsp3) is 0.500. The Morgan fingerprint density at radius 1 is 0.750 bits per heavy atom. The molecule has 2 aromatic rings. The van der Waals surface area contributed by atoms with Crippen molar-refractivity contribution in [3.8, 4) is 0 Å². The largest absolute Gasteiger partial charge is 0.399 e. The number of rotatable bonds is 5. The highest BCUT2D eigenvalue weighted by Crippen LogP contribution is 2.17. The van der Waals surface area contributed by atoms with E-state index in [0.29, 0.717) is 13.2 Å². The summed E-state index contributed by atoms with van der Waals surface area (Å²) in [5.74, 6) is 0. The Bertz CT molecular complexity index is 713. The van der Waals surface area contributed by atoms with Crippen molar-refractivity contribution >= 4 is 11.4 Å². The molecule has 0 aromatic heterocycles. The maximum atomic E-state index is 5.73. The van der Waals surface area contributed by atoms with Crippen molar-refractivity contribution in [1.82, 2.24) is 0 Å². The second kappa shape index (κ2) is 10.5. The summed E-state index contributed by atoms with van der Waals surface area (Å²) in [5.41, 5.74) is 9.81. The van der Waals surface area contributed by atoms with Gasteiger partial charge in [0.25, 0.3) is 0 Å². The summed E-state index contributed by atoms with van der Waals surface area (Å²) >= 11 is 0. The number of hydrogen-bond acceptors (Lipinski definition) is 4. The third-order valence-corrected chi connectivity index (χ3v) is 3.72. The average molecular weight is 387 g/mol. The molecule has 0 aliphatic rings. The number of ether oxygens (including phenoxy) is 2. The summed E-state index contributed by atoms with van der Waals surface area (Å²) in [6, 6.07) is 16.2. The van der Waals surface area contributed by atoms with Crippen molar-refractivity contribution in [3.05, 3.63) is 59.7 Å². The van der Waals surface area contributed by atoms with Crippen LogP contribution in [0.25, 0.3) is 0 Å². The zero-order chi connectivity index (χ0) is 21.4. The smallest absolute Gasteiger partial charge is 0.0724 e. The quantitative estimate of drug-likeness (QED) is 0.674. The number of nitrogens with zero attached hydrogens (tertiary/aromatic N) is 1. The van der Waals surface area contributed by atoms with E-state index in [1.54, 1.807) is 0 Å². The zero-order valence-electron chi connectivity index (χ0n) is 18.9. The van der Waals surface area contributed by atoms with Gasteiger partial charge in [0.05, 0.1) is 24.4 Å². The molecule has 0 fully saturated rings. The zero-order valence-corrected chi connectivity index (χ0v) is 18.9. The van der Waals surface area contributed by atoms with Crippen LogP contribution in [0.5, 0.6) is 0 Å². The molecule has 4 heteroatoms. The fourth-order valence-electron chi connectivity index (χ4n) is 2.21. The minimum absolute atomic E-state index is 0.0753. The van der Waals surface area contributed by atoms with Gasteiger partial charge in [-0.3, -0.25) is 0 Å². The second-order valence-corrected chi connectivity index (χ2v) is 9.11. The summed E-state index contributed by atoms with van der Waals surface area (Å²) in [6.45, 7) is 13.6. The van der Waals surface area contributed by atoms with E-state index in [2.05, 4.69) is 49.9 Å². The van der Waals surface area contributed by atoms with E-state index in [-0.39, 0.29) is 11.2 Å². The van der Waals surface area contributed by atoms with E-state index >= 15 is 0 Å². The molecule has 0 aliphatic carbocycles. The number of anilines is 2.